The summed E-state index contributed by atoms with van der Waals surface area (Å²) < 4.78 is 6.89. The summed E-state index contributed by atoms with van der Waals surface area (Å²) in [6, 6.07) is 13.4. The summed E-state index contributed by atoms with van der Waals surface area (Å²) in [5, 5.41) is 9.98. The van der Waals surface area contributed by atoms with Gasteiger partial charge in [-0.1, -0.05) is 6.07 Å². The summed E-state index contributed by atoms with van der Waals surface area (Å²) in [7, 11) is 3.45. The van der Waals surface area contributed by atoms with Gasteiger partial charge in [-0.15, -0.1) is 11.3 Å². The largest absolute Gasteiger partial charge is 0.497 e. The number of fused-ring (bicyclic) bond motifs is 1. The Morgan fingerprint density at radius 3 is 2.78 bits per heavy atom. The van der Waals surface area contributed by atoms with Gasteiger partial charge >= 0.3 is 0 Å². The number of nitrogens with zero attached hydrogens (tertiary/aromatic N) is 3. The molecule has 3 aromatic heterocycles. The molecule has 6 nitrogen and oxygen atoms in total. The molecule has 3 heterocycles. The van der Waals surface area contributed by atoms with E-state index in [9.17, 15) is 4.79 Å². The highest BCUT2D eigenvalue weighted by atomic mass is 32.1. The maximum atomic E-state index is 12.9. The number of ether oxygens (including phenoxy) is 1. The van der Waals surface area contributed by atoms with Gasteiger partial charge in [-0.25, -0.2) is 4.98 Å². The number of rotatable bonds is 5. The zero-order valence-electron chi connectivity index (χ0n) is 15.0. The highest BCUT2D eigenvalue weighted by Crippen LogP contribution is 2.26. The van der Waals surface area contributed by atoms with Gasteiger partial charge in [-0.2, -0.15) is 5.10 Å². The average molecular weight is 378 g/mol. The Kier molecular flexibility index (Phi) is 4.60. The minimum Gasteiger partial charge on any atom is -0.497 e. The van der Waals surface area contributed by atoms with Crippen LogP contribution in [-0.4, -0.2) is 27.8 Å². The number of nitrogens with one attached hydrogen (secondary N) is 1. The highest BCUT2D eigenvalue weighted by molar-refractivity contribution is 7.09. The van der Waals surface area contributed by atoms with Crippen LogP contribution in [0.25, 0.3) is 22.3 Å². The number of aromatic nitrogens is 3. The fourth-order valence-corrected chi connectivity index (χ4v) is 3.53. The molecule has 1 N–H and O–H groups in total. The molecule has 1 aromatic carbocycles. The van der Waals surface area contributed by atoms with Crippen LogP contribution in [0.5, 0.6) is 5.75 Å². The number of benzene rings is 1. The molecule has 0 aliphatic heterocycles. The topological polar surface area (TPSA) is 69.0 Å². The number of hydrogen-bond acceptors (Lipinski definition) is 5. The van der Waals surface area contributed by atoms with E-state index in [0.717, 1.165) is 27.3 Å². The minimum atomic E-state index is -0.140. The van der Waals surface area contributed by atoms with Crippen LogP contribution in [0.4, 0.5) is 0 Å². The molecule has 0 saturated carbocycles. The summed E-state index contributed by atoms with van der Waals surface area (Å²) in [5.74, 6) is 0.632. The maximum absolute atomic E-state index is 12.9. The standard InChI is InChI=1S/C20H18N4O2S/c1-24-19-17(12-22-24)16(20(25)21-11-15-4-3-9-27-15)10-18(23-19)13-5-7-14(26-2)8-6-13/h3-10,12H,11H2,1-2H3,(H,21,25). The van der Waals surface area contributed by atoms with Crippen molar-refractivity contribution in [2.75, 3.05) is 7.11 Å². The zero-order chi connectivity index (χ0) is 18.8. The predicted octanol–water partition coefficient (Wildman–Crippen LogP) is 3.64. The Labute approximate surface area is 160 Å². The molecule has 4 aromatic rings. The van der Waals surface area contributed by atoms with E-state index >= 15 is 0 Å². The molecule has 0 saturated heterocycles. The van der Waals surface area contributed by atoms with Gasteiger partial charge in [0.25, 0.3) is 5.91 Å². The van der Waals surface area contributed by atoms with Crippen molar-refractivity contribution in [1.82, 2.24) is 20.1 Å². The highest BCUT2D eigenvalue weighted by Gasteiger charge is 2.16. The van der Waals surface area contributed by atoms with E-state index in [2.05, 4.69) is 10.4 Å². The molecular formula is C20H18N4O2S. The van der Waals surface area contributed by atoms with Gasteiger partial charge in [-0.3, -0.25) is 9.48 Å². The smallest absolute Gasteiger partial charge is 0.252 e. The third-order valence-electron chi connectivity index (χ3n) is 4.34. The van der Waals surface area contributed by atoms with Crippen molar-refractivity contribution in [2.45, 2.75) is 6.54 Å². The van der Waals surface area contributed by atoms with Crippen LogP contribution in [0.15, 0.2) is 54.0 Å². The van der Waals surface area contributed by atoms with Crippen LogP contribution < -0.4 is 10.1 Å². The Balaban J connectivity index is 1.73. The summed E-state index contributed by atoms with van der Waals surface area (Å²) in [6.45, 7) is 0.498. The van der Waals surface area contributed by atoms with Crippen LogP contribution in [-0.2, 0) is 13.6 Å². The fraction of sp³-hybridized carbons (Fsp3) is 0.150. The van der Waals surface area contributed by atoms with Crippen molar-refractivity contribution < 1.29 is 9.53 Å². The zero-order valence-corrected chi connectivity index (χ0v) is 15.8. The molecule has 4 rings (SSSR count). The van der Waals surface area contributed by atoms with Crippen molar-refractivity contribution in [3.05, 3.63) is 64.5 Å². The maximum Gasteiger partial charge on any atom is 0.252 e. The van der Waals surface area contributed by atoms with Crippen LogP contribution in [0.2, 0.25) is 0 Å². The lowest BCUT2D eigenvalue weighted by Gasteiger charge is -2.09. The molecule has 1 amide bonds. The lowest BCUT2D eigenvalue weighted by atomic mass is 10.1. The number of aryl methyl sites for hydroxylation is 1. The molecule has 0 unspecified atom stereocenters. The minimum absolute atomic E-state index is 0.140. The second-order valence-corrected chi connectivity index (χ2v) is 7.08. The Morgan fingerprint density at radius 2 is 2.07 bits per heavy atom. The first-order valence-electron chi connectivity index (χ1n) is 8.43. The molecule has 27 heavy (non-hydrogen) atoms. The van der Waals surface area contributed by atoms with Gasteiger partial charge in [0.2, 0.25) is 0 Å². The van der Waals surface area contributed by atoms with Crippen molar-refractivity contribution in [1.29, 1.82) is 0 Å². The number of methoxy groups -OCH3 is 1. The Bertz CT molecular complexity index is 1090. The second-order valence-electron chi connectivity index (χ2n) is 6.05. The second kappa shape index (κ2) is 7.20. The summed E-state index contributed by atoms with van der Waals surface area (Å²) in [4.78, 5) is 18.7. The molecule has 7 heteroatoms. The molecule has 0 aliphatic carbocycles. The molecule has 0 radical (unpaired) electrons. The number of hydrogen-bond donors (Lipinski definition) is 1. The van der Waals surface area contributed by atoms with Crippen molar-refractivity contribution in [3.63, 3.8) is 0 Å². The van der Waals surface area contributed by atoms with Gasteiger partial charge in [0, 0.05) is 17.5 Å². The lowest BCUT2D eigenvalue weighted by molar-refractivity contribution is 0.0953. The third kappa shape index (κ3) is 3.41. The van der Waals surface area contributed by atoms with Crippen molar-refractivity contribution >= 4 is 28.3 Å². The van der Waals surface area contributed by atoms with Crippen LogP contribution in [0.3, 0.4) is 0 Å². The van der Waals surface area contributed by atoms with Gasteiger partial charge < -0.3 is 10.1 Å². The van der Waals surface area contributed by atoms with Gasteiger partial charge in [0.05, 0.1) is 36.5 Å². The Morgan fingerprint density at radius 1 is 1.26 bits per heavy atom. The van der Waals surface area contributed by atoms with Crippen LogP contribution in [0.1, 0.15) is 15.2 Å². The molecule has 0 spiro atoms. The number of amides is 1. The quantitative estimate of drug-likeness (QED) is 0.576. The number of pyridine rings is 1. The van der Waals surface area contributed by atoms with E-state index in [4.69, 9.17) is 9.72 Å². The van der Waals surface area contributed by atoms with E-state index < -0.39 is 0 Å². The fourth-order valence-electron chi connectivity index (χ4n) is 2.89. The van der Waals surface area contributed by atoms with E-state index in [0.29, 0.717) is 17.8 Å². The first-order chi connectivity index (χ1) is 13.2. The molecule has 0 fully saturated rings. The van der Waals surface area contributed by atoms with Crippen molar-refractivity contribution in [3.8, 4) is 17.0 Å². The molecular weight excluding hydrogens is 360 g/mol. The summed E-state index contributed by atoms with van der Waals surface area (Å²) >= 11 is 1.62. The van der Waals surface area contributed by atoms with E-state index in [1.807, 2.05) is 54.9 Å². The lowest BCUT2D eigenvalue weighted by Crippen LogP contribution is -2.22. The van der Waals surface area contributed by atoms with E-state index in [1.54, 1.807) is 29.3 Å². The third-order valence-corrected chi connectivity index (χ3v) is 5.22. The van der Waals surface area contributed by atoms with Crippen LogP contribution >= 0.6 is 11.3 Å². The molecule has 136 valence electrons. The van der Waals surface area contributed by atoms with Crippen LogP contribution in [0, 0.1) is 0 Å². The first-order valence-corrected chi connectivity index (χ1v) is 9.31. The summed E-state index contributed by atoms with van der Waals surface area (Å²) in [6.07, 6.45) is 1.68. The normalized spacial score (nSPS) is 10.9. The van der Waals surface area contributed by atoms with Gasteiger partial charge in [0.1, 0.15) is 5.75 Å². The molecule has 0 aliphatic rings. The van der Waals surface area contributed by atoms with Crippen molar-refractivity contribution in [2.24, 2.45) is 7.05 Å². The number of thiophene rings is 1. The molecule has 0 bridgehead atoms. The molecule has 0 atom stereocenters. The van der Waals surface area contributed by atoms with Gasteiger partial charge in [-0.05, 0) is 41.8 Å². The SMILES string of the molecule is COc1ccc(-c2cc(C(=O)NCc3cccs3)c3cnn(C)c3n2)cc1. The monoisotopic (exact) mass is 378 g/mol. The number of carbonyl (C=O) groups excluding carboxylic acids is 1. The predicted molar refractivity (Wildman–Crippen MR) is 106 cm³/mol. The van der Waals surface area contributed by atoms with Gasteiger partial charge in [0.15, 0.2) is 5.65 Å². The van der Waals surface area contributed by atoms with E-state index in [-0.39, 0.29) is 5.91 Å². The Hall–Kier alpha value is -3.19. The van der Waals surface area contributed by atoms with E-state index in [1.165, 1.54) is 0 Å². The average Bonchev–Trinajstić information content (AvgIpc) is 3.35. The first kappa shape index (κ1) is 17.2. The number of carbonyl (C=O) groups is 1. The summed E-state index contributed by atoms with van der Waals surface area (Å²) in [5.41, 5.74) is 2.86.